The van der Waals surface area contributed by atoms with Gasteiger partial charge in [-0.2, -0.15) is 0 Å². The van der Waals surface area contributed by atoms with Gasteiger partial charge in [-0.25, -0.2) is 0 Å². The molecule has 0 aliphatic heterocycles. The lowest BCUT2D eigenvalue weighted by atomic mass is 9.94. The van der Waals surface area contributed by atoms with Crippen LogP contribution < -0.4 is 0 Å². The van der Waals surface area contributed by atoms with Crippen LogP contribution in [0.1, 0.15) is 20.3 Å². The van der Waals surface area contributed by atoms with Crippen molar-refractivity contribution in [3.63, 3.8) is 0 Å². The molecule has 0 aromatic carbocycles. The molecule has 9 heavy (non-hydrogen) atoms. The summed E-state index contributed by atoms with van der Waals surface area (Å²) in [6, 6.07) is 0. The van der Waals surface area contributed by atoms with Gasteiger partial charge in [0.05, 0.1) is 0 Å². The molecule has 2 atom stereocenters. The first-order valence-electron chi connectivity index (χ1n) is 3.44. The first kappa shape index (κ1) is 9.22. The molecule has 0 aromatic rings. The molecule has 0 rings (SSSR count). The molecule has 2 unspecified atom stereocenters. The first-order chi connectivity index (χ1) is 4.26. The van der Waals surface area contributed by atoms with Gasteiger partial charge in [-0.15, -0.1) is 6.58 Å². The Bertz CT molecular complexity index is 78.6. The highest BCUT2D eigenvalue weighted by Gasteiger charge is 2.08. The van der Waals surface area contributed by atoms with E-state index in [4.69, 9.17) is 0 Å². The zero-order valence-electron chi connectivity index (χ0n) is 6.23. The van der Waals surface area contributed by atoms with Gasteiger partial charge >= 0.3 is 0 Å². The normalized spacial score (nSPS) is 16.8. The lowest BCUT2D eigenvalue weighted by Crippen LogP contribution is -2.08. The van der Waals surface area contributed by atoms with Crippen LogP contribution in [0.2, 0.25) is 0 Å². The van der Waals surface area contributed by atoms with E-state index in [1.165, 1.54) is 6.42 Å². The molecule has 0 heterocycles. The van der Waals surface area contributed by atoms with Crippen molar-refractivity contribution >= 4 is 15.9 Å². The highest BCUT2D eigenvalue weighted by atomic mass is 79.9. The van der Waals surface area contributed by atoms with Crippen LogP contribution in [0.3, 0.4) is 0 Å². The van der Waals surface area contributed by atoms with Crippen LogP contribution >= 0.6 is 15.9 Å². The Balaban J connectivity index is 3.63. The quantitative estimate of drug-likeness (QED) is 0.472. The summed E-state index contributed by atoms with van der Waals surface area (Å²) in [4.78, 5) is 0. The van der Waals surface area contributed by atoms with Gasteiger partial charge in [-0.05, 0) is 11.8 Å². The summed E-state index contributed by atoms with van der Waals surface area (Å²) in [6.45, 7) is 8.24. The molecule has 0 aromatic heterocycles. The van der Waals surface area contributed by atoms with Gasteiger partial charge in [0.2, 0.25) is 0 Å². The smallest absolute Gasteiger partial charge is 0.00967 e. The molecule has 1 heteroatoms. The summed E-state index contributed by atoms with van der Waals surface area (Å²) in [7, 11) is 0. The number of halogens is 1. The molecule has 0 aliphatic carbocycles. The van der Waals surface area contributed by atoms with Crippen LogP contribution in [0.15, 0.2) is 12.7 Å². The maximum absolute atomic E-state index is 3.77. The molecule has 0 saturated heterocycles. The largest absolute Gasteiger partial charge is 0.103 e. The molecule has 0 spiro atoms. The second kappa shape index (κ2) is 5.04. The Morgan fingerprint density at radius 1 is 1.67 bits per heavy atom. The van der Waals surface area contributed by atoms with E-state index in [0.717, 1.165) is 11.2 Å². The fraction of sp³-hybridized carbons (Fsp3) is 0.750. The fourth-order valence-electron chi connectivity index (χ4n) is 0.750. The minimum Gasteiger partial charge on any atom is -0.103 e. The van der Waals surface area contributed by atoms with E-state index in [1.54, 1.807) is 0 Å². The lowest BCUT2D eigenvalue weighted by Gasteiger charge is -2.15. The summed E-state index contributed by atoms with van der Waals surface area (Å²) >= 11 is 3.45. The molecule has 0 N–H and O–H groups in total. The van der Waals surface area contributed by atoms with E-state index < -0.39 is 0 Å². The maximum Gasteiger partial charge on any atom is 0.00967 e. The van der Waals surface area contributed by atoms with Gasteiger partial charge in [0.25, 0.3) is 0 Å². The average Bonchev–Trinajstić information content (AvgIpc) is 1.90. The van der Waals surface area contributed by atoms with Crippen molar-refractivity contribution in [2.75, 3.05) is 5.33 Å². The molecule has 0 bridgehead atoms. The van der Waals surface area contributed by atoms with Gasteiger partial charge in [-0.1, -0.05) is 42.3 Å². The number of allylic oxidation sites excluding steroid dienone is 1. The van der Waals surface area contributed by atoms with Gasteiger partial charge in [-0.3, -0.25) is 0 Å². The molecule has 0 nitrogen and oxygen atoms in total. The van der Waals surface area contributed by atoms with Gasteiger partial charge in [0.15, 0.2) is 0 Å². The van der Waals surface area contributed by atoms with Crippen molar-refractivity contribution in [2.24, 2.45) is 11.8 Å². The molecule has 0 amide bonds. The SMILES string of the molecule is C=CC(CBr)C(C)CC. The third kappa shape index (κ3) is 3.04. The number of rotatable bonds is 4. The van der Waals surface area contributed by atoms with Crippen LogP contribution in [-0.4, -0.2) is 5.33 Å². The summed E-state index contributed by atoms with van der Waals surface area (Å²) < 4.78 is 0. The number of hydrogen-bond acceptors (Lipinski definition) is 0. The zero-order valence-corrected chi connectivity index (χ0v) is 7.82. The van der Waals surface area contributed by atoms with Crippen molar-refractivity contribution in [1.29, 1.82) is 0 Å². The van der Waals surface area contributed by atoms with Crippen molar-refractivity contribution in [3.05, 3.63) is 12.7 Å². The topological polar surface area (TPSA) is 0 Å². The second-order valence-corrected chi connectivity index (χ2v) is 3.09. The highest BCUT2D eigenvalue weighted by molar-refractivity contribution is 9.09. The van der Waals surface area contributed by atoms with E-state index >= 15 is 0 Å². The monoisotopic (exact) mass is 190 g/mol. The van der Waals surface area contributed by atoms with E-state index in [9.17, 15) is 0 Å². The van der Waals surface area contributed by atoms with E-state index in [1.807, 2.05) is 6.08 Å². The maximum atomic E-state index is 3.77. The highest BCUT2D eigenvalue weighted by Crippen LogP contribution is 2.17. The van der Waals surface area contributed by atoms with Crippen molar-refractivity contribution in [1.82, 2.24) is 0 Å². The Labute approximate surface area is 66.5 Å². The molecular weight excluding hydrogens is 176 g/mol. The van der Waals surface area contributed by atoms with Crippen molar-refractivity contribution < 1.29 is 0 Å². The zero-order chi connectivity index (χ0) is 7.28. The molecule has 0 radical (unpaired) electrons. The molecule has 0 saturated carbocycles. The van der Waals surface area contributed by atoms with Gasteiger partial charge in [0.1, 0.15) is 0 Å². The summed E-state index contributed by atoms with van der Waals surface area (Å²) in [5.74, 6) is 1.41. The Kier molecular flexibility index (Phi) is 5.16. The Hall–Kier alpha value is 0.220. The minimum absolute atomic E-state index is 0.648. The van der Waals surface area contributed by atoms with E-state index in [2.05, 4.69) is 36.4 Å². The Morgan fingerprint density at radius 3 is 2.33 bits per heavy atom. The number of hydrogen-bond donors (Lipinski definition) is 0. The summed E-state index contributed by atoms with van der Waals surface area (Å²) in [5.41, 5.74) is 0. The summed E-state index contributed by atoms with van der Waals surface area (Å²) in [6.07, 6.45) is 3.27. The number of alkyl halides is 1. The minimum atomic E-state index is 0.648. The second-order valence-electron chi connectivity index (χ2n) is 2.44. The van der Waals surface area contributed by atoms with E-state index in [0.29, 0.717) is 5.92 Å². The fourth-order valence-corrected chi connectivity index (χ4v) is 1.65. The predicted molar refractivity (Wildman–Crippen MR) is 46.9 cm³/mol. The predicted octanol–water partition coefficient (Wildman–Crippen LogP) is 3.23. The Morgan fingerprint density at radius 2 is 2.22 bits per heavy atom. The van der Waals surface area contributed by atoms with Crippen LogP contribution in [0, 0.1) is 11.8 Å². The molecule has 54 valence electrons. The molecule has 0 fully saturated rings. The standard InChI is InChI=1S/C8H15Br/c1-4-7(3)8(5-2)6-9/h5,7-8H,2,4,6H2,1,3H3. The first-order valence-corrected chi connectivity index (χ1v) is 4.56. The summed E-state index contributed by atoms with van der Waals surface area (Å²) in [5, 5.41) is 1.05. The van der Waals surface area contributed by atoms with Gasteiger partial charge in [0, 0.05) is 5.33 Å². The lowest BCUT2D eigenvalue weighted by molar-refractivity contribution is 0.455. The van der Waals surface area contributed by atoms with Crippen molar-refractivity contribution in [3.8, 4) is 0 Å². The van der Waals surface area contributed by atoms with Crippen molar-refractivity contribution in [2.45, 2.75) is 20.3 Å². The van der Waals surface area contributed by atoms with Crippen LogP contribution in [-0.2, 0) is 0 Å². The van der Waals surface area contributed by atoms with Gasteiger partial charge < -0.3 is 0 Å². The van der Waals surface area contributed by atoms with E-state index in [-0.39, 0.29) is 0 Å². The van der Waals surface area contributed by atoms with Crippen LogP contribution in [0.25, 0.3) is 0 Å². The average molecular weight is 191 g/mol. The van der Waals surface area contributed by atoms with Crippen LogP contribution in [0.4, 0.5) is 0 Å². The third-order valence-corrected chi connectivity index (χ3v) is 2.60. The third-order valence-electron chi connectivity index (χ3n) is 1.86. The molecule has 0 aliphatic rings. The van der Waals surface area contributed by atoms with Crippen LogP contribution in [0.5, 0.6) is 0 Å². The molecular formula is C8H15Br.